The molecule has 18 heavy (non-hydrogen) atoms. The summed E-state index contributed by atoms with van der Waals surface area (Å²) in [6, 6.07) is 6.85. The van der Waals surface area contributed by atoms with E-state index in [4.69, 9.17) is 5.11 Å². The van der Waals surface area contributed by atoms with E-state index in [1.165, 1.54) is 0 Å². The molecule has 2 unspecified atom stereocenters. The lowest BCUT2D eigenvalue weighted by atomic mass is 10.1. The van der Waals surface area contributed by atoms with Crippen molar-refractivity contribution >= 4 is 27.8 Å². The number of hydrogen-bond acceptors (Lipinski definition) is 2. The van der Waals surface area contributed by atoms with Crippen LogP contribution in [0.25, 0.3) is 0 Å². The van der Waals surface area contributed by atoms with Crippen molar-refractivity contribution in [1.29, 1.82) is 0 Å². The maximum absolute atomic E-state index is 11.9. The average Bonchev–Trinajstić information content (AvgIpc) is 2.77. The van der Waals surface area contributed by atoms with Crippen LogP contribution in [0.2, 0.25) is 0 Å². The van der Waals surface area contributed by atoms with E-state index >= 15 is 0 Å². The van der Waals surface area contributed by atoms with Gasteiger partial charge in [0.05, 0.1) is 5.92 Å². The number of carboxylic acids is 1. The molecule has 1 aliphatic rings. The van der Waals surface area contributed by atoms with Crippen LogP contribution in [0.1, 0.15) is 16.8 Å². The van der Waals surface area contributed by atoms with Crippen LogP contribution in [0.5, 0.6) is 0 Å². The van der Waals surface area contributed by atoms with E-state index in [2.05, 4.69) is 21.2 Å². The first kappa shape index (κ1) is 12.8. The Labute approximate surface area is 113 Å². The average molecular weight is 310 g/mol. The van der Waals surface area contributed by atoms with E-state index in [0.29, 0.717) is 12.0 Å². The van der Waals surface area contributed by atoms with Gasteiger partial charge in [0.1, 0.15) is 0 Å². The third kappa shape index (κ3) is 2.98. The fourth-order valence-electron chi connectivity index (χ4n) is 1.87. The Morgan fingerprint density at radius 2 is 2.11 bits per heavy atom. The maximum Gasteiger partial charge on any atom is 0.310 e. The van der Waals surface area contributed by atoms with Gasteiger partial charge in [-0.15, -0.1) is 0 Å². The number of carbonyl (C=O) groups excluding carboxylic acids is 1. The summed E-state index contributed by atoms with van der Waals surface area (Å²) in [5.74, 6) is -1.56. The number of aliphatic carboxylic acids is 1. The van der Waals surface area contributed by atoms with Gasteiger partial charge in [-0.2, -0.15) is 0 Å². The Balaban J connectivity index is 1.97. The highest BCUT2D eigenvalue weighted by Gasteiger charge is 2.25. The van der Waals surface area contributed by atoms with E-state index in [1.54, 1.807) is 30.4 Å². The quantitative estimate of drug-likeness (QED) is 0.841. The third-order valence-corrected chi connectivity index (χ3v) is 3.30. The first-order valence-corrected chi connectivity index (χ1v) is 6.33. The van der Waals surface area contributed by atoms with Gasteiger partial charge in [-0.05, 0) is 24.6 Å². The Bertz CT molecular complexity index is 513. The standard InChI is InChI=1S/C13H12BrNO3/c14-10-3-1-2-8(6-10)12(16)15-11-5-4-9(7-11)13(17)18/h1-6,9,11H,7H2,(H,15,16)(H,17,18). The Morgan fingerprint density at radius 3 is 2.72 bits per heavy atom. The number of benzene rings is 1. The Hall–Kier alpha value is -1.62. The van der Waals surface area contributed by atoms with Crippen LogP contribution in [-0.2, 0) is 4.79 Å². The predicted octanol–water partition coefficient (Wildman–Crippen LogP) is 2.21. The summed E-state index contributed by atoms with van der Waals surface area (Å²) in [5, 5.41) is 11.6. The molecule has 0 saturated carbocycles. The number of carbonyl (C=O) groups is 2. The molecule has 0 aliphatic heterocycles. The van der Waals surface area contributed by atoms with Crippen molar-refractivity contribution < 1.29 is 14.7 Å². The predicted molar refractivity (Wildman–Crippen MR) is 70.3 cm³/mol. The molecule has 94 valence electrons. The van der Waals surface area contributed by atoms with Crippen LogP contribution >= 0.6 is 15.9 Å². The summed E-state index contributed by atoms with van der Waals surface area (Å²) in [4.78, 5) is 22.7. The summed E-state index contributed by atoms with van der Waals surface area (Å²) in [7, 11) is 0. The molecule has 2 atom stereocenters. The number of amides is 1. The lowest BCUT2D eigenvalue weighted by Gasteiger charge is -2.12. The summed E-state index contributed by atoms with van der Waals surface area (Å²) in [6.07, 6.45) is 3.76. The molecule has 1 aromatic carbocycles. The van der Waals surface area contributed by atoms with E-state index in [9.17, 15) is 9.59 Å². The molecule has 2 rings (SSSR count). The molecule has 0 bridgehead atoms. The molecule has 0 radical (unpaired) electrons. The van der Waals surface area contributed by atoms with Gasteiger partial charge in [0.25, 0.3) is 5.91 Å². The number of hydrogen-bond donors (Lipinski definition) is 2. The zero-order valence-electron chi connectivity index (χ0n) is 9.47. The fraction of sp³-hybridized carbons (Fsp3) is 0.231. The van der Waals surface area contributed by atoms with Crippen LogP contribution in [0.4, 0.5) is 0 Å². The van der Waals surface area contributed by atoms with Crippen LogP contribution < -0.4 is 5.32 Å². The fourth-order valence-corrected chi connectivity index (χ4v) is 2.27. The van der Waals surface area contributed by atoms with Crippen LogP contribution in [0.15, 0.2) is 40.9 Å². The smallest absolute Gasteiger partial charge is 0.310 e. The van der Waals surface area contributed by atoms with Crippen molar-refractivity contribution in [3.63, 3.8) is 0 Å². The second kappa shape index (κ2) is 5.35. The lowest BCUT2D eigenvalue weighted by molar-refractivity contribution is -0.140. The number of carboxylic acid groups (broad SMARTS) is 1. The number of nitrogens with one attached hydrogen (secondary N) is 1. The van der Waals surface area contributed by atoms with E-state index < -0.39 is 11.9 Å². The van der Waals surface area contributed by atoms with E-state index in [1.807, 2.05) is 6.07 Å². The maximum atomic E-state index is 11.9. The van der Waals surface area contributed by atoms with Gasteiger partial charge < -0.3 is 10.4 Å². The minimum absolute atomic E-state index is 0.197. The first-order chi connectivity index (χ1) is 8.56. The van der Waals surface area contributed by atoms with Crippen molar-refractivity contribution in [1.82, 2.24) is 5.32 Å². The minimum atomic E-state index is -0.856. The second-order valence-corrected chi connectivity index (χ2v) is 5.07. The van der Waals surface area contributed by atoms with Crippen molar-refractivity contribution in [2.45, 2.75) is 12.5 Å². The number of rotatable bonds is 3. The Kier molecular flexibility index (Phi) is 3.81. The van der Waals surface area contributed by atoms with Crippen LogP contribution in [-0.4, -0.2) is 23.0 Å². The van der Waals surface area contributed by atoms with Gasteiger partial charge >= 0.3 is 5.97 Å². The van der Waals surface area contributed by atoms with Crippen molar-refractivity contribution in [2.24, 2.45) is 5.92 Å². The van der Waals surface area contributed by atoms with Gasteiger partial charge in [-0.3, -0.25) is 9.59 Å². The molecule has 1 aromatic rings. The van der Waals surface area contributed by atoms with Crippen molar-refractivity contribution in [2.75, 3.05) is 0 Å². The highest BCUT2D eigenvalue weighted by molar-refractivity contribution is 9.10. The molecule has 0 fully saturated rings. The van der Waals surface area contributed by atoms with Gasteiger partial charge in [0, 0.05) is 16.1 Å². The molecule has 2 N–H and O–H groups in total. The second-order valence-electron chi connectivity index (χ2n) is 4.16. The Morgan fingerprint density at radius 1 is 1.33 bits per heavy atom. The molecule has 5 heteroatoms. The lowest BCUT2D eigenvalue weighted by Crippen LogP contribution is -2.33. The van der Waals surface area contributed by atoms with Crippen LogP contribution in [0.3, 0.4) is 0 Å². The summed E-state index contributed by atoms with van der Waals surface area (Å²) in [5.41, 5.74) is 0.552. The monoisotopic (exact) mass is 309 g/mol. The summed E-state index contributed by atoms with van der Waals surface area (Å²) < 4.78 is 0.834. The van der Waals surface area contributed by atoms with Gasteiger partial charge in [0.15, 0.2) is 0 Å². The van der Waals surface area contributed by atoms with Gasteiger partial charge in [-0.25, -0.2) is 0 Å². The van der Waals surface area contributed by atoms with Crippen molar-refractivity contribution in [3.8, 4) is 0 Å². The van der Waals surface area contributed by atoms with Gasteiger partial charge in [0.2, 0.25) is 0 Å². The topological polar surface area (TPSA) is 66.4 Å². The molecule has 1 aliphatic carbocycles. The van der Waals surface area contributed by atoms with Gasteiger partial charge in [-0.1, -0.05) is 34.1 Å². The summed E-state index contributed by atoms with van der Waals surface area (Å²) >= 11 is 3.30. The van der Waals surface area contributed by atoms with E-state index in [-0.39, 0.29) is 11.9 Å². The largest absolute Gasteiger partial charge is 0.481 e. The highest BCUT2D eigenvalue weighted by Crippen LogP contribution is 2.19. The number of halogens is 1. The zero-order chi connectivity index (χ0) is 13.1. The molecular formula is C13H12BrNO3. The first-order valence-electron chi connectivity index (χ1n) is 5.54. The molecule has 0 aromatic heterocycles. The summed E-state index contributed by atoms with van der Waals surface area (Å²) in [6.45, 7) is 0. The molecule has 4 nitrogen and oxygen atoms in total. The van der Waals surface area contributed by atoms with E-state index in [0.717, 1.165) is 4.47 Å². The molecule has 0 heterocycles. The van der Waals surface area contributed by atoms with Crippen LogP contribution in [0, 0.1) is 5.92 Å². The third-order valence-electron chi connectivity index (χ3n) is 2.80. The van der Waals surface area contributed by atoms with Crippen molar-refractivity contribution in [3.05, 3.63) is 46.5 Å². The zero-order valence-corrected chi connectivity index (χ0v) is 11.1. The highest BCUT2D eigenvalue weighted by atomic mass is 79.9. The molecule has 0 saturated heterocycles. The normalized spacial score (nSPS) is 21.8. The molecular weight excluding hydrogens is 298 g/mol. The SMILES string of the molecule is O=C(NC1C=CC(C(=O)O)C1)c1cccc(Br)c1. The minimum Gasteiger partial charge on any atom is -0.481 e. The molecule has 0 spiro atoms. The molecule has 1 amide bonds.